The molecule has 2 aromatic rings. The zero-order valence-corrected chi connectivity index (χ0v) is 18.6. The van der Waals surface area contributed by atoms with E-state index in [9.17, 15) is 19.5 Å². The Morgan fingerprint density at radius 3 is 2.62 bits per heavy atom. The molecule has 8 nitrogen and oxygen atoms in total. The maximum Gasteiger partial charge on any atom is 0.257 e. The molecule has 2 atom stereocenters. The highest BCUT2D eigenvalue weighted by Gasteiger charge is 2.25. The highest BCUT2D eigenvalue weighted by molar-refractivity contribution is 5.99. The Kier molecular flexibility index (Phi) is 7.48. The molecule has 8 heteroatoms. The lowest BCUT2D eigenvalue weighted by Gasteiger charge is -2.23. The second-order valence-corrected chi connectivity index (χ2v) is 8.03. The van der Waals surface area contributed by atoms with E-state index in [0.29, 0.717) is 25.6 Å². The van der Waals surface area contributed by atoms with Crippen LogP contribution in [0.15, 0.2) is 52.1 Å². The van der Waals surface area contributed by atoms with Crippen molar-refractivity contribution in [2.45, 2.75) is 25.8 Å². The normalized spacial score (nSPS) is 16.2. The lowest BCUT2D eigenvalue weighted by molar-refractivity contribution is 0.0824. The van der Waals surface area contributed by atoms with Crippen LogP contribution in [0.2, 0.25) is 0 Å². The minimum Gasteiger partial charge on any atom is -0.505 e. The number of rotatable bonds is 10. The van der Waals surface area contributed by atoms with Gasteiger partial charge in [0.05, 0.1) is 24.5 Å². The molecule has 3 N–H and O–H groups in total. The minimum absolute atomic E-state index is 0.0681. The number of carbonyl (C=O) groups is 1. The number of nitrogens with zero attached hydrogens (tertiary/aromatic N) is 1. The quantitative estimate of drug-likeness (QED) is 0.386. The van der Waals surface area contributed by atoms with Crippen molar-refractivity contribution in [2.75, 3.05) is 37.9 Å². The molecule has 1 aliphatic carbocycles. The Bertz CT molecular complexity index is 1100. The standard InChI is InChI=1S/C24H29N3O5/c1-4-16(14-32-13-15-9-6-5-7-10-15)25-19-20(23(30)22(19)29)26-18-12-8-11-17(21(18)28)24(31)27(2)3/h5-9,11-12,15-16,25-26,28H,4,10,13-14H2,1-3H3/t15?,16-/m1/s1. The number of benzene rings is 1. The number of hydrogen-bond donors (Lipinski definition) is 3. The van der Waals surface area contributed by atoms with Crippen LogP contribution in [0.4, 0.5) is 17.1 Å². The van der Waals surface area contributed by atoms with Crippen LogP contribution in [-0.4, -0.2) is 49.3 Å². The minimum atomic E-state index is -0.675. The van der Waals surface area contributed by atoms with Gasteiger partial charge in [0.15, 0.2) is 5.75 Å². The van der Waals surface area contributed by atoms with Gasteiger partial charge in [0.1, 0.15) is 11.4 Å². The van der Waals surface area contributed by atoms with Gasteiger partial charge in [0.25, 0.3) is 16.8 Å². The molecule has 0 aromatic heterocycles. The Balaban J connectivity index is 1.69. The number of para-hydroxylation sites is 1. The van der Waals surface area contributed by atoms with Crippen LogP contribution < -0.4 is 21.5 Å². The van der Waals surface area contributed by atoms with Gasteiger partial charge in [-0.15, -0.1) is 0 Å². The molecule has 3 rings (SSSR count). The average molecular weight is 440 g/mol. The summed E-state index contributed by atoms with van der Waals surface area (Å²) in [7, 11) is 3.16. The summed E-state index contributed by atoms with van der Waals surface area (Å²) in [5.41, 5.74) is -0.792. The summed E-state index contributed by atoms with van der Waals surface area (Å²) in [5.74, 6) is -0.322. The van der Waals surface area contributed by atoms with Gasteiger partial charge in [0.2, 0.25) is 0 Å². The number of amides is 1. The van der Waals surface area contributed by atoms with Gasteiger partial charge in [-0.2, -0.15) is 0 Å². The van der Waals surface area contributed by atoms with Crippen LogP contribution in [-0.2, 0) is 4.74 Å². The number of allylic oxidation sites excluding steroid dienone is 3. The third-order valence-corrected chi connectivity index (χ3v) is 5.40. The van der Waals surface area contributed by atoms with E-state index in [0.717, 1.165) is 6.42 Å². The number of ether oxygens (including phenoxy) is 1. The van der Waals surface area contributed by atoms with Gasteiger partial charge in [-0.25, -0.2) is 0 Å². The van der Waals surface area contributed by atoms with E-state index in [2.05, 4.69) is 22.8 Å². The molecule has 1 unspecified atom stereocenters. The van der Waals surface area contributed by atoms with Gasteiger partial charge in [0, 0.05) is 26.1 Å². The van der Waals surface area contributed by atoms with Crippen molar-refractivity contribution in [1.29, 1.82) is 0 Å². The van der Waals surface area contributed by atoms with Gasteiger partial charge in [-0.3, -0.25) is 14.4 Å². The first kappa shape index (κ1) is 23.3. The summed E-state index contributed by atoms with van der Waals surface area (Å²) in [4.78, 5) is 38.0. The van der Waals surface area contributed by atoms with Gasteiger partial charge in [-0.05, 0) is 25.0 Å². The first-order chi connectivity index (χ1) is 15.3. The average Bonchev–Trinajstić information content (AvgIpc) is 2.80. The fourth-order valence-electron chi connectivity index (χ4n) is 3.42. The lowest BCUT2D eigenvalue weighted by Crippen LogP contribution is -2.40. The number of carbonyl (C=O) groups excluding carboxylic acids is 1. The topological polar surface area (TPSA) is 108 Å². The van der Waals surface area contributed by atoms with E-state index in [-0.39, 0.29) is 40.3 Å². The molecule has 0 saturated heterocycles. The second-order valence-electron chi connectivity index (χ2n) is 8.03. The lowest BCUT2D eigenvalue weighted by atomic mass is 10.0. The Labute approximate surface area is 186 Å². The maximum atomic E-state index is 12.2. The molecular formula is C24H29N3O5. The largest absolute Gasteiger partial charge is 0.505 e. The zero-order chi connectivity index (χ0) is 23.3. The summed E-state index contributed by atoms with van der Waals surface area (Å²) in [6.45, 7) is 2.93. The van der Waals surface area contributed by atoms with Gasteiger partial charge < -0.3 is 25.4 Å². The Morgan fingerprint density at radius 2 is 1.97 bits per heavy atom. The molecule has 2 aromatic carbocycles. The summed E-state index contributed by atoms with van der Waals surface area (Å²) in [5, 5.41) is 16.4. The Morgan fingerprint density at radius 1 is 1.22 bits per heavy atom. The van der Waals surface area contributed by atoms with Crippen LogP contribution >= 0.6 is 0 Å². The number of aromatic hydroxyl groups is 1. The molecule has 0 aliphatic heterocycles. The molecule has 0 bridgehead atoms. The molecule has 1 amide bonds. The van der Waals surface area contributed by atoms with Crippen molar-refractivity contribution < 1.29 is 14.6 Å². The van der Waals surface area contributed by atoms with Crippen molar-refractivity contribution in [3.63, 3.8) is 0 Å². The van der Waals surface area contributed by atoms with Gasteiger partial charge >= 0.3 is 0 Å². The van der Waals surface area contributed by atoms with Crippen LogP contribution in [0, 0.1) is 5.92 Å². The van der Waals surface area contributed by atoms with Crippen molar-refractivity contribution in [3.05, 3.63) is 68.5 Å². The molecule has 0 radical (unpaired) electrons. The number of phenols is 1. The molecular weight excluding hydrogens is 410 g/mol. The first-order valence-corrected chi connectivity index (χ1v) is 10.6. The van der Waals surface area contributed by atoms with Crippen LogP contribution in [0.1, 0.15) is 30.1 Å². The van der Waals surface area contributed by atoms with Crippen molar-refractivity contribution >= 4 is 23.0 Å². The smallest absolute Gasteiger partial charge is 0.257 e. The van der Waals surface area contributed by atoms with Crippen LogP contribution in [0.25, 0.3) is 0 Å². The Hall–Kier alpha value is -3.39. The molecule has 170 valence electrons. The number of anilines is 3. The van der Waals surface area contributed by atoms with Crippen molar-refractivity contribution in [2.24, 2.45) is 5.92 Å². The second kappa shape index (κ2) is 10.3. The number of phenolic OH excluding ortho intramolecular Hbond substituents is 1. The fourth-order valence-corrected chi connectivity index (χ4v) is 3.42. The van der Waals surface area contributed by atoms with Crippen LogP contribution in [0.5, 0.6) is 5.75 Å². The summed E-state index contributed by atoms with van der Waals surface area (Å²) < 4.78 is 5.83. The summed E-state index contributed by atoms with van der Waals surface area (Å²) in [6.07, 6.45) is 9.85. The third-order valence-electron chi connectivity index (χ3n) is 5.40. The molecule has 1 aliphatic rings. The molecule has 0 fully saturated rings. The monoisotopic (exact) mass is 439 g/mol. The summed E-state index contributed by atoms with van der Waals surface area (Å²) in [6, 6.07) is 4.47. The first-order valence-electron chi connectivity index (χ1n) is 10.6. The van der Waals surface area contributed by atoms with E-state index < -0.39 is 10.9 Å². The van der Waals surface area contributed by atoms with E-state index in [1.807, 2.05) is 19.1 Å². The SMILES string of the molecule is CC[C@H](COCC1C=CC=CC1)Nc1c(Nc2cccc(C(=O)N(C)C)c2O)c(=O)c1=O. The number of nitrogens with one attached hydrogen (secondary N) is 2. The number of hydrogen-bond acceptors (Lipinski definition) is 7. The predicted octanol–water partition coefficient (Wildman–Crippen LogP) is 2.77. The van der Waals surface area contributed by atoms with Crippen molar-refractivity contribution in [3.8, 4) is 5.75 Å². The molecule has 32 heavy (non-hydrogen) atoms. The fraction of sp³-hybridized carbons (Fsp3) is 0.375. The predicted molar refractivity (Wildman–Crippen MR) is 126 cm³/mol. The van der Waals surface area contributed by atoms with Crippen molar-refractivity contribution in [1.82, 2.24) is 4.90 Å². The maximum absolute atomic E-state index is 12.2. The molecule has 0 spiro atoms. The van der Waals surface area contributed by atoms with E-state index in [1.165, 1.54) is 17.0 Å². The van der Waals surface area contributed by atoms with E-state index in [1.54, 1.807) is 20.2 Å². The summed E-state index contributed by atoms with van der Waals surface area (Å²) >= 11 is 0. The van der Waals surface area contributed by atoms with Gasteiger partial charge in [-0.1, -0.05) is 37.3 Å². The molecule has 0 saturated carbocycles. The van der Waals surface area contributed by atoms with Crippen LogP contribution in [0.3, 0.4) is 0 Å². The van der Waals surface area contributed by atoms with E-state index in [4.69, 9.17) is 4.74 Å². The molecule has 0 heterocycles. The highest BCUT2D eigenvalue weighted by atomic mass is 16.5. The third kappa shape index (κ3) is 5.08. The highest BCUT2D eigenvalue weighted by Crippen LogP contribution is 2.32. The van der Waals surface area contributed by atoms with E-state index >= 15 is 0 Å². The zero-order valence-electron chi connectivity index (χ0n) is 18.6.